The van der Waals surface area contributed by atoms with E-state index in [4.69, 9.17) is 18.9 Å². The summed E-state index contributed by atoms with van der Waals surface area (Å²) in [5, 5.41) is 52.5. The monoisotopic (exact) mass is 1330 g/mol. The lowest BCUT2D eigenvalue weighted by Gasteiger charge is -2.33. The average Bonchev–Trinajstić information content (AvgIpc) is 1.93. The molecule has 0 radical (unpaired) electrons. The zero-order valence-electron chi connectivity index (χ0n) is 53.1. The van der Waals surface area contributed by atoms with E-state index in [1.807, 2.05) is 0 Å². The van der Waals surface area contributed by atoms with E-state index in [1.165, 1.54) is 32.2 Å². The Hall–Kier alpha value is -8.15. The molecule has 0 aliphatic carbocycles. The summed E-state index contributed by atoms with van der Waals surface area (Å²) in [5.74, 6) is -5.71. The molecule has 4 amide bonds. The maximum Gasteiger partial charge on any atom is 0.323 e. The number of carbonyl (C=O) groups excluding carboxylic acids is 4. The van der Waals surface area contributed by atoms with Crippen LogP contribution in [0, 0.1) is 13.8 Å². The molecule has 93 heavy (non-hydrogen) atoms. The third-order valence-corrected chi connectivity index (χ3v) is 16.5. The number of nitrogens with zero attached hydrogens (tertiary/aromatic N) is 6. The fraction of sp³-hybridized carbons (Fsp3) is 0.567. The van der Waals surface area contributed by atoms with Crippen molar-refractivity contribution in [1.29, 1.82) is 0 Å². The molecule has 0 spiro atoms. The van der Waals surface area contributed by atoms with Crippen molar-refractivity contribution in [1.82, 2.24) is 60.1 Å². The highest BCUT2D eigenvalue weighted by Gasteiger charge is 2.30. The quantitative estimate of drug-likeness (QED) is 0.0244. The smallest absolute Gasteiger partial charge is 0.323 e. The van der Waals surface area contributed by atoms with E-state index < -0.39 is 69.8 Å². The van der Waals surface area contributed by atoms with Gasteiger partial charge in [-0.25, -0.2) is 13.4 Å². The first kappa shape index (κ1) is 75.6. The van der Waals surface area contributed by atoms with Gasteiger partial charge in [-0.2, -0.15) is 4.72 Å². The number of hydrogen-bond acceptors (Lipinski definition) is 21. The molecule has 0 bridgehead atoms. The van der Waals surface area contributed by atoms with Gasteiger partial charge in [-0.15, -0.1) is 0 Å². The molecule has 5 rings (SSSR count). The van der Waals surface area contributed by atoms with Crippen molar-refractivity contribution >= 4 is 74.4 Å². The number of pyridine rings is 1. The van der Waals surface area contributed by atoms with E-state index in [-0.39, 0.29) is 130 Å². The van der Waals surface area contributed by atoms with E-state index in [0.717, 1.165) is 5.56 Å². The summed E-state index contributed by atoms with van der Waals surface area (Å²) in [4.78, 5) is 126. The molecule has 33 heteroatoms. The summed E-state index contributed by atoms with van der Waals surface area (Å²) in [6.45, 7) is 8.36. The molecule has 0 saturated carbocycles. The molecular weight excluding hydrogens is 1240 g/mol. The second kappa shape index (κ2) is 39.4. The molecular formula is C60H89N13O19S. The van der Waals surface area contributed by atoms with Crippen LogP contribution in [-0.4, -0.2) is 267 Å². The van der Waals surface area contributed by atoms with Crippen LogP contribution in [0.25, 0.3) is 10.9 Å². The minimum atomic E-state index is -4.47. The number of fused-ring (bicyclic) bond motifs is 1. The number of aromatic nitrogens is 3. The normalized spacial score (nSPS) is 14.7. The lowest BCUT2D eigenvalue weighted by molar-refractivity contribution is -0.140. The molecule has 11 N–H and O–H groups in total. The van der Waals surface area contributed by atoms with Gasteiger partial charge in [0.15, 0.2) is 5.95 Å². The van der Waals surface area contributed by atoms with Crippen LogP contribution in [0.2, 0.25) is 0 Å². The predicted octanol–water partition coefficient (Wildman–Crippen LogP) is -0.756. The predicted molar refractivity (Wildman–Crippen MR) is 338 cm³/mol. The van der Waals surface area contributed by atoms with Crippen molar-refractivity contribution in [3.8, 4) is 5.75 Å². The van der Waals surface area contributed by atoms with Gasteiger partial charge in [0.25, 0.3) is 5.91 Å². The fourth-order valence-electron chi connectivity index (χ4n) is 10.0. The van der Waals surface area contributed by atoms with Gasteiger partial charge in [0.1, 0.15) is 23.4 Å². The highest BCUT2D eigenvalue weighted by Crippen LogP contribution is 2.26. The van der Waals surface area contributed by atoms with E-state index in [2.05, 4.69) is 41.3 Å². The van der Waals surface area contributed by atoms with Crippen molar-refractivity contribution in [2.24, 2.45) is 7.05 Å². The first-order valence-corrected chi connectivity index (χ1v) is 32.2. The van der Waals surface area contributed by atoms with Gasteiger partial charge in [-0.3, -0.25) is 62.8 Å². The Morgan fingerprint density at radius 2 is 1.20 bits per heavy atom. The van der Waals surface area contributed by atoms with Gasteiger partial charge in [0.05, 0.1) is 69.6 Å². The summed E-state index contributed by atoms with van der Waals surface area (Å²) in [6.07, 6.45) is 6.50. The summed E-state index contributed by atoms with van der Waals surface area (Å²) >= 11 is 0. The van der Waals surface area contributed by atoms with Gasteiger partial charge in [-0.05, 0) is 80.5 Å². The zero-order chi connectivity index (χ0) is 67.9. The second-order valence-electron chi connectivity index (χ2n) is 22.2. The number of nitrogens with one attached hydrogen (secondary N) is 7. The molecule has 1 aliphatic heterocycles. The van der Waals surface area contributed by atoms with Crippen LogP contribution < -0.4 is 41.5 Å². The van der Waals surface area contributed by atoms with Crippen LogP contribution in [0.1, 0.15) is 66.1 Å². The summed E-state index contributed by atoms with van der Waals surface area (Å²) in [5.41, 5.74) is 1.06. The molecule has 3 heterocycles. The number of anilines is 1. The van der Waals surface area contributed by atoms with Gasteiger partial charge >= 0.3 is 23.9 Å². The van der Waals surface area contributed by atoms with Gasteiger partial charge in [0, 0.05) is 129 Å². The van der Waals surface area contributed by atoms with Crippen LogP contribution in [0.3, 0.4) is 0 Å². The number of aromatic amines is 1. The number of ether oxygens (including phenoxy) is 4. The minimum Gasteiger partial charge on any atom is -0.494 e. The minimum absolute atomic E-state index is 0.126. The zero-order valence-corrected chi connectivity index (χ0v) is 53.9. The Kier molecular flexibility index (Phi) is 32.0. The molecule has 32 nitrogen and oxygen atoms in total. The number of aliphatic carboxylic acids is 4. The molecule has 2 atom stereocenters. The lowest BCUT2D eigenvalue weighted by atomic mass is 10.1. The summed E-state index contributed by atoms with van der Waals surface area (Å²) in [6, 6.07) is 5.46. The maximum absolute atomic E-state index is 13.6. The number of H-pyrrole nitrogens is 1. The Morgan fingerprint density at radius 3 is 1.72 bits per heavy atom. The first-order chi connectivity index (χ1) is 44.4. The van der Waals surface area contributed by atoms with E-state index >= 15 is 0 Å². The van der Waals surface area contributed by atoms with Crippen LogP contribution in [0.15, 0.2) is 58.6 Å². The topological polar surface area (TPSA) is 424 Å². The number of hydrogen-bond donors (Lipinski definition) is 11. The molecule has 2 aromatic heterocycles. The van der Waals surface area contributed by atoms with E-state index in [0.29, 0.717) is 102 Å². The SMILES string of the molecule is CCC(NC(=O)CN1CCN(CC(=O)O)CCN(CC(=O)O)CCN(CC(=O)O)CC1)C(=O)NCCCOCCOCCOCCCNC(=O)CCCOc1cc(C)c(S(=O)(=O)NC(CNC(=O)c2cn(C)c3cc(CNc4ncc[nH]4)ccc3c2=O)C(=O)O)c(C)c1. The van der Waals surface area contributed by atoms with Crippen molar-refractivity contribution in [2.45, 2.75) is 76.4 Å². The number of carbonyl (C=O) groups is 8. The van der Waals surface area contributed by atoms with Crippen LogP contribution >= 0.6 is 0 Å². The molecule has 1 saturated heterocycles. The molecule has 4 aromatic rings. The molecule has 1 aliphatic rings. The standard InChI is InChI=1S/C60H89N13O19S/c1-5-47(67-51(75)37-70-16-18-71(38-52(76)77)20-22-73(40-54(80)81)23-21-72(19-17-70)39-53(78)79)58(84)62-13-8-25-90-28-30-91-29-27-89-24-7-12-61-50(74)9-6-26-92-44-31-41(2)56(42(3)32-44)93(87,88)68-48(59(85)86)35-65-57(83)46-36-69(4)49-33-43(10-11-45(49)55(46)82)34-66-60-63-14-15-64-60/h10-11,14-15,31-33,36,47-48,68H,5-9,12-13,16-30,34-35,37-40H2,1-4H3,(H,61,74)(H,62,84)(H,65,83)(H,67,75)(H,76,77)(H,78,79)(H,80,81)(H,85,86)(H2,63,64,66). The molecule has 514 valence electrons. The van der Waals surface area contributed by atoms with Crippen molar-refractivity contribution < 1.29 is 86.1 Å². The van der Waals surface area contributed by atoms with Crippen LogP contribution in [-0.2, 0) is 71.4 Å². The third-order valence-electron chi connectivity index (χ3n) is 14.8. The van der Waals surface area contributed by atoms with E-state index in [9.17, 15) is 72.0 Å². The number of carboxylic acid groups (broad SMARTS) is 4. The largest absolute Gasteiger partial charge is 0.494 e. The number of imidazole rings is 1. The fourth-order valence-corrected chi connectivity index (χ4v) is 11.7. The number of rotatable bonds is 40. The van der Waals surface area contributed by atoms with Crippen molar-refractivity contribution in [3.63, 3.8) is 0 Å². The highest BCUT2D eigenvalue weighted by molar-refractivity contribution is 7.89. The van der Waals surface area contributed by atoms with E-state index in [1.54, 1.807) is 68.7 Å². The summed E-state index contributed by atoms with van der Waals surface area (Å²) in [7, 11) is -2.81. The average molecular weight is 1330 g/mol. The highest BCUT2D eigenvalue weighted by atomic mass is 32.2. The number of sulfonamides is 1. The molecule has 2 unspecified atom stereocenters. The molecule has 2 aromatic carbocycles. The third kappa shape index (κ3) is 27.1. The Bertz CT molecular complexity index is 3240. The molecule has 1 fully saturated rings. The number of aryl methyl sites for hydroxylation is 3. The maximum atomic E-state index is 13.6. The Labute approximate surface area is 539 Å². The van der Waals surface area contributed by atoms with Gasteiger partial charge < -0.3 is 75.5 Å². The van der Waals surface area contributed by atoms with Gasteiger partial charge in [-0.1, -0.05) is 13.0 Å². The first-order valence-electron chi connectivity index (χ1n) is 30.7. The Morgan fingerprint density at radius 1 is 0.667 bits per heavy atom. The lowest BCUT2D eigenvalue weighted by Crippen LogP contribution is -2.52. The summed E-state index contributed by atoms with van der Waals surface area (Å²) < 4.78 is 53.6. The number of benzene rings is 2. The number of amides is 4. The Balaban J connectivity index is 0.892. The van der Waals surface area contributed by atoms with Crippen LogP contribution in [0.5, 0.6) is 5.75 Å². The van der Waals surface area contributed by atoms with Crippen LogP contribution in [0.4, 0.5) is 5.95 Å². The van der Waals surface area contributed by atoms with Gasteiger partial charge in [0.2, 0.25) is 33.2 Å². The second-order valence-corrected chi connectivity index (χ2v) is 23.8. The van der Waals surface area contributed by atoms with Crippen molar-refractivity contribution in [3.05, 3.63) is 81.4 Å². The number of carboxylic acids is 4. The van der Waals surface area contributed by atoms with Crippen molar-refractivity contribution in [2.75, 3.05) is 150 Å².